The first-order valence-electron chi connectivity index (χ1n) is 6.51. The van der Waals surface area contributed by atoms with E-state index in [0.29, 0.717) is 11.8 Å². The summed E-state index contributed by atoms with van der Waals surface area (Å²) < 4.78 is 0. The Morgan fingerprint density at radius 3 is 2.25 bits per heavy atom. The molecule has 1 atom stereocenters. The second-order valence-electron chi connectivity index (χ2n) is 6.14. The maximum absolute atomic E-state index is 12.2. The monoisotopic (exact) mass is 224 g/mol. The molecule has 3 nitrogen and oxygen atoms in total. The zero-order valence-electron chi connectivity index (χ0n) is 10.8. The van der Waals surface area contributed by atoms with Gasteiger partial charge in [-0.05, 0) is 32.4 Å². The van der Waals surface area contributed by atoms with Crippen molar-refractivity contribution >= 4 is 5.78 Å². The van der Waals surface area contributed by atoms with E-state index in [-0.39, 0.29) is 11.5 Å². The average molecular weight is 224 g/mol. The molecule has 3 heteroatoms. The highest BCUT2D eigenvalue weighted by Crippen LogP contribution is 2.31. The van der Waals surface area contributed by atoms with Crippen molar-refractivity contribution in [1.82, 2.24) is 10.2 Å². The maximum atomic E-state index is 12.2. The molecule has 1 N–H and O–H groups in total. The topological polar surface area (TPSA) is 32.3 Å². The Morgan fingerprint density at radius 1 is 1.19 bits per heavy atom. The van der Waals surface area contributed by atoms with Crippen LogP contribution in [0.2, 0.25) is 0 Å². The fraction of sp³-hybridized carbons (Fsp3) is 0.923. The highest BCUT2D eigenvalue weighted by atomic mass is 16.1. The van der Waals surface area contributed by atoms with E-state index in [4.69, 9.17) is 0 Å². The number of ketones is 1. The summed E-state index contributed by atoms with van der Waals surface area (Å²) in [5, 5.41) is 3.38. The highest BCUT2D eigenvalue weighted by molar-refractivity contribution is 5.89. The first kappa shape index (κ1) is 12.1. The van der Waals surface area contributed by atoms with Crippen LogP contribution < -0.4 is 5.32 Å². The van der Waals surface area contributed by atoms with Gasteiger partial charge in [-0.1, -0.05) is 20.8 Å². The van der Waals surface area contributed by atoms with Crippen LogP contribution in [0.3, 0.4) is 0 Å². The fourth-order valence-electron chi connectivity index (χ4n) is 2.76. The Bertz CT molecular complexity index is 264. The van der Waals surface area contributed by atoms with Gasteiger partial charge in [-0.2, -0.15) is 0 Å². The van der Waals surface area contributed by atoms with Gasteiger partial charge in [0.1, 0.15) is 0 Å². The number of Topliss-reactive ketones (excluding diaryl/α,β-unsaturated/α-hetero) is 1. The van der Waals surface area contributed by atoms with Crippen molar-refractivity contribution in [3.63, 3.8) is 0 Å². The number of hydrogen-bond acceptors (Lipinski definition) is 3. The summed E-state index contributed by atoms with van der Waals surface area (Å²) in [7, 11) is 0. The van der Waals surface area contributed by atoms with E-state index < -0.39 is 0 Å². The third-order valence-corrected chi connectivity index (χ3v) is 3.88. The van der Waals surface area contributed by atoms with Crippen LogP contribution in [0, 0.1) is 5.41 Å². The minimum absolute atomic E-state index is 0.184. The Kier molecular flexibility index (Phi) is 3.36. The standard InChI is InChI=1S/C13H24N2O/c1-13(2,3)12(16)11-6-9-15(11)10-4-7-14-8-5-10/h10-11,14H,4-9H2,1-3H3. The molecular weight excluding hydrogens is 200 g/mol. The molecular formula is C13H24N2O. The van der Waals surface area contributed by atoms with Crippen molar-refractivity contribution < 1.29 is 4.79 Å². The number of rotatable bonds is 2. The Hall–Kier alpha value is -0.410. The molecule has 2 fully saturated rings. The number of carbonyl (C=O) groups excluding carboxylic acids is 1. The predicted molar refractivity (Wildman–Crippen MR) is 65.5 cm³/mol. The zero-order chi connectivity index (χ0) is 11.8. The van der Waals surface area contributed by atoms with Gasteiger partial charge in [0.25, 0.3) is 0 Å². The molecule has 0 amide bonds. The molecule has 0 aliphatic carbocycles. The van der Waals surface area contributed by atoms with Crippen LogP contribution in [0.1, 0.15) is 40.0 Å². The fourth-order valence-corrected chi connectivity index (χ4v) is 2.76. The van der Waals surface area contributed by atoms with Crippen molar-refractivity contribution in [2.45, 2.75) is 52.1 Å². The molecule has 2 rings (SSSR count). The van der Waals surface area contributed by atoms with E-state index in [1.165, 1.54) is 12.8 Å². The summed E-state index contributed by atoms with van der Waals surface area (Å²) in [6.07, 6.45) is 3.47. The molecule has 0 spiro atoms. The van der Waals surface area contributed by atoms with Gasteiger partial charge in [0.2, 0.25) is 0 Å². The molecule has 0 aromatic carbocycles. The zero-order valence-corrected chi connectivity index (χ0v) is 10.8. The number of carbonyl (C=O) groups is 1. The lowest BCUT2D eigenvalue weighted by Crippen LogP contribution is -2.60. The lowest BCUT2D eigenvalue weighted by atomic mass is 9.80. The van der Waals surface area contributed by atoms with Crippen molar-refractivity contribution in [3.8, 4) is 0 Å². The minimum atomic E-state index is -0.184. The lowest BCUT2D eigenvalue weighted by Gasteiger charge is -2.48. The maximum Gasteiger partial charge on any atom is 0.155 e. The van der Waals surface area contributed by atoms with Gasteiger partial charge in [-0.3, -0.25) is 9.69 Å². The number of nitrogens with zero attached hydrogens (tertiary/aromatic N) is 1. The first-order valence-corrected chi connectivity index (χ1v) is 6.51. The normalized spacial score (nSPS) is 28.8. The summed E-state index contributed by atoms with van der Waals surface area (Å²) in [5.41, 5.74) is -0.184. The van der Waals surface area contributed by atoms with Gasteiger partial charge in [0, 0.05) is 18.0 Å². The van der Waals surface area contributed by atoms with Gasteiger partial charge in [0.05, 0.1) is 6.04 Å². The summed E-state index contributed by atoms with van der Waals surface area (Å²) >= 11 is 0. The van der Waals surface area contributed by atoms with Crippen molar-refractivity contribution in [2.75, 3.05) is 19.6 Å². The first-order chi connectivity index (χ1) is 7.50. The Labute approximate surface area is 98.6 Å². The lowest BCUT2D eigenvalue weighted by molar-refractivity contribution is -0.138. The highest BCUT2D eigenvalue weighted by Gasteiger charge is 2.42. The van der Waals surface area contributed by atoms with Gasteiger partial charge in [-0.25, -0.2) is 0 Å². The van der Waals surface area contributed by atoms with E-state index >= 15 is 0 Å². The minimum Gasteiger partial charge on any atom is -0.317 e. The largest absolute Gasteiger partial charge is 0.317 e. The van der Waals surface area contributed by atoms with Crippen LogP contribution in [-0.4, -0.2) is 42.4 Å². The van der Waals surface area contributed by atoms with Crippen LogP contribution in [-0.2, 0) is 4.79 Å². The molecule has 0 aromatic rings. The van der Waals surface area contributed by atoms with Crippen molar-refractivity contribution in [2.24, 2.45) is 5.41 Å². The molecule has 0 aromatic heterocycles. The summed E-state index contributed by atoms with van der Waals surface area (Å²) in [4.78, 5) is 14.7. The van der Waals surface area contributed by atoms with Crippen LogP contribution in [0.4, 0.5) is 0 Å². The van der Waals surface area contributed by atoms with Crippen molar-refractivity contribution in [1.29, 1.82) is 0 Å². The van der Waals surface area contributed by atoms with Gasteiger partial charge in [0.15, 0.2) is 5.78 Å². The second-order valence-corrected chi connectivity index (χ2v) is 6.14. The van der Waals surface area contributed by atoms with Crippen LogP contribution in [0.25, 0.3) is 0 Å². The van der Waals surface area contributed by atoms with E-state index in [2.05, 4.69) is 10.2 Å². The van der Waals surface area contributed by atoms with Gasteiger partial charge < -0.3 is 5.32 Å². The quantitative estimate of drug-likeness (QED) is 0.770. The number of nitrogens with one attached hydrogen (secondary N) is 1. The van der Waals surface area contributed by atoms with Gasteiger partial charge in [-0.15, -0.1) is 0 Å². The Morgan fingerprint density at radius 2 is 1.81 bits per heavy atom. The third-order valence-electron chi connectivity index (χ3n) is 3.88. The number of hydrogen-bond donors (Lipinski definition) is 1. The van der Waals surface area contributed by atoms with E-state index in [0.717, 1.165) is 26.1 Å². The average Bonchev–Trinajstić information content (AvgIpc) is 2.16. The van der Waals surface area contributed by atoms with Crippen molar-refractivity contribution in [3.05, 3.63) is 0 Å². The van der Waals surface area contributed by atoms with Crippen LogP contribution >= 0.6 is 0 Å². The molecule has 2 aliphatic rings. The van der Waals surface area contributed by atoms with Crippen LogP contribution in [0.15, 0.2) is 0 Å². The molecule has 2 heterocycles. The summed E-state index contributed by atoms with van der Waals surface area (Å²) in [6.45, 7) is 9.45. The molecule has 92 valence electrons. The Balaban J connectivity index is 1.95. The SMILES string of the molecule is CC(C)(C)C(=O)C1CCN1C1CCNCC1. The number of likely N-dealkylation sites (tertiary alicyclic amines) is 1. The van der Waals surface area contributed by atoms with Crippen LogP contribution in [0.5, 0.6) is 0 Å². The number of piperidine rings is 1. The smallest absolute Gasteiger partial charge is 0.155 e. The molecule has 2 saturated heterocycles. The van der Waals surface area contributed by atoms with E-state index in [1.54, 1.807) is 0 Å². The molecule has 0 bridgehead atoms. The molecule has 0 radical (unpaired) electrons. The van der Waals surface area contributed by atoms with Gasteiger partial charge >= 0.3 is 0 Å². The molecule has 16 heavy (non-hydrogen) atoms. The predicted octanol–water partition coefficient (Wildman–Crippen LogP) is 1.43. The molecule has 0 saturated carbocycles. The van der Waals surface area contributed by atoms with E-state index in [9.17, 15) is 4.79 Å². The molecule has 1 unspecified atom stereocenters. The summed E-state index contributed by atoms with van der Waals surface area (Å²) in [5.74, 6) is 0.428. The summed E-state index contributed by atoms with van der Waals surface area (Å²) in [6, 6.07) is 0.856. The third kappa shape index (κ3) is 2.30. The second kappa shape index (κ2) is 4.46. The molecule has 2 aliphatic heterocycles. The van der Waals surface area contributed by atoms with E-state index in [1.807, 2.05) is 20.8 Å².